The van der Waals surface area contributed by atoms with E-state index < -0.39 is 0 Å². The standard InChI is InChI=1S/C18H23NO.C2H6/c1-12-8-13(2)10-15(9-12)19-16-7-6-14(11-17(16)20)18(3,4)5;1-2/h6-11,19-20H,1-5H3;1-2H3. The maximum absolute atomic E-state index is 10.2. The van der Waals surface area contributed by atoms with E-state index in [1.54, 1.807) is 0 Å². The summed E-state index contributed by atoms with van der Waals surface area (Å²) in [4.78, 5) is 0. The van der Waals surface area contributed by atoms with Gasteiger partial charge in [0, 0.05) is 5.69 Å². The normalized spacial score (nSPS) is 10.7. The van der Waals surface area contributed by atoms with E-state index in [1.165, 1.54) is 11.1 Å². The molecule has 0 unspecified atom stereocenters. The summed E-state index contributed by atoms with van der Waals surface area (Å²) < 4.78 is 0. The molecule has 2 aromatic carbocycles. The maximum atomic E-state index is 10.2. The van der Waals surface area contributed by atoms with Gasteiger partial charge < -0.3 is 10.4 Å². The predicted molar refractivity (Wildman–Crippen MR) is 97.4 cm³/mol. The number of phenols is 1. The summed E-state index contributed by atoms with van der Waals surface area (Å²) in [6.45, 7) is 14.6. The largest absolute Gasteiger partial charge is 0.506 e. The van der Waals surface area contributed by atoms with E-state index in [-0.39, 0.29) is 11.2 Å². The van der Waals surface area contributed by atoms with Crippen LogP contribution in [0.15, 0.2) is 36.4 Å². The van der Waals surface area contributed by atoms with E-state index in [0.29, 0.717) is 0 Å². The van der Waals surface area contributed by atoms with Crippen molar-refractivity contribution < 1.29 is 5.11 Å². The van der Waals surface area contributed by atoms with Crippen LogP contribution in [0.5, 0.6) is 5.75 Å². The van der Waals surface area contributed by atoms with Gasteiger partial charge in [0.15, 0.2) is 0 Å². The minimum Gasteiger partial charge on any atom is -0.506 e. The number of benzene rings is 2. The molecule has 22 heavy (non-hydrogen) atoms. The molecule has 0 atom stereocenters. The third-order valence-corrected chi connectivity index (χ3v) is 3.36. The van der Waals surface area contributed by atoms with Gasteiger partial charge in [-0.05, 0) is 60.2 Å². The monoisotopic (exact) mass is 299 g/mol. The van der Waals surface area contributed by atoms with E-state index in [4.69, 9.17) is 0 Å². The zero-order valence-corrected chi connectivity index (χ0v) is 14.9. The van der Waals surface area contributed by atoms with E-state index in [1.807, 2.05) is 26.0 Å². The highest BCUT2D eigenvalue weighted by atomic mass is 16.3. The molecule has 0 saturated carbocycles. The van der Waals surface area contributed by atoms with Crippen molar-refractivity contribution in [3.05, 3.63) is 53.1 Å². The molecule has 0 aliphatic carbocycles. The fraction of sp³-hybridized carbons (Fsp3) is 0.400. The molecule has 2 nitrogen and oxygen atoms in total. The SMILES string of the molecule is CC.Cc1cc(C)cc(Nc2ccc(C(C)(C)C)cc2O)c1. The Morgan fingerprint density at radius 1 is 0.864 bits per heavy atom. The highest BCUT2D eigenvalue weighted by molar-refractivity contribution is 5.67. The van der Waals surface area contributed by atoms with E-state index in [2.05, 4.69) is 64.2 Å². The number of anilines is 2. The molecular formula is C20H29NO. The van der Waals surface area contributed by atoms with Gasteiger partial charge in [-0.25, -0.2) is 0 Å². The first-order valence-corrected chi connectivity index (χ1v) is 7.94. The molecule has 120 valence electrons. The Bertz CT molecular complexity index is 604. The van der Waals surface area contributed by atoms with Gasteiger partial charge in [0.25, 0.3) is 0 Å². The molecule has 2 N–H and O–H groups in total. The van der Waals surface area contributed by atoms with Gasteiger partial charge in [-0.3, -0.25) is 0 Å². The maximum Gasteiger partial charge on any atom is 0.139 e. The summed E-state index contributed by atoms with van der Waals surface area (Å²) in [7, 11) is 0. The van der Waals surface area contributed by atoms with Crippen molar-refractivity contribution in [2.24, 2.45) is 0 Å². The van der Waals surface area contributed by atoms with Crippen LogP contribution in [0.25, 0.3) is 0 Å². The van der Waals surface area contributed by atoms with Gasteiger partial charge in [-0.1, -0.05) is 46.8 Å². The molecule has 0 fully saturated rings. The minimum absolute atomic E-state index is 0.0376. The third-order valence-electron chi connectivity index (χ3n) is 3.36. The molecule has 0 bridgehead atoms. The summed E-state index contributed by atoms with van der Waals surface area (Å²) in [5, 5.41) is 13.5. The first kappa shape index (κ1) is 18.1. The summed E-state index contributed by atoms with van der Waals surface area (Å²) in [5.41, 5.74) is 5.32. The van der Waals surface area contributed by atoms with Crippen molar-refractivity contribution >= 4 is 11.4 Å². The molecule has 2 rings (SSSR count). The van der Waals surface area contributed by atoms with Crippen LogP contribution in [0.1, 0.15) is 51.3 Å². The van der Waals surface area contributed by atoms with Gasteiger partial charge in [0.1, 0.15) is 5.75 Å². The van der Waals surface area contributed by atoms with E-state index >= 15 is 0 Å². The zero-order chi connectivity index (χ0) is 16.9. The predicted octanol–water partition coefficient (Wildman–Crippen LogP) is 6.08. The Morgan fingerprint density at radius 3 is 1.86 bits per heavy atom. The van der Waals surface area contributed by atoms with Crippen LogP contribution in [-0.4, -0.2) is 5.11 Å². The number of rotatable bonds is 2. The van der Waals surface area contributed by atoms with Gasteiger partial charge in [0.05, 0.1) is 5.69 Å². The molecule has 0 aliphatic heterocycles. The highest BCUT2D eigenvalue weighted by Crippen LogP contribution is 2.32. The molecule has 0 heterocycles. The molecule has 0 aliphatic rings. The summed E-state index contributed by atoms with van der Waals surface area (Å²) >= 11 is 0. The van der Waals surface area contributed by atoms with Crippen LogP contribution in [0.2, 0.25) is 0 Å². The molecule has 2 heteroatoms. The van der Waals surface area contributed by atoms with Crippen LogP contribution in [-0.2, 0) is 5.41 Å². The number of aryl methyl sites for hydroxylation is 2. The van der Waals surface area contributed by atoms with Crippen LogP contribution < -0.4 is 5.32 Å². The number of hydrogen-bond donors (Lipinski definition) is 2. The van der Waals surface area contributed by atoms with Crippen LogP contribution in [0, 0.1) is 13.8 Å². The lowest BCUT2D eigenvalue weighted by Crippen LogP contribution is -2.10. The fourth-order valence-corrected chi connectivity index (χ4v) is 2.31. The Labute approximate surface area is 135 Å². The molecule has 0 spiro atoms. The Balaban J connectivity index is 0.00000116. The second-order valence-corrected chi connectivity index (χ2v) is 6.48. The van der Waals surface area contributed by atoms with Gasteiger partial charge in [0.2, 0.25) is 0 Å². The van der Waals surface area contributed by atoms with Crippen LogP contribution in [0.4, 0.5) is 11.4 Å². The minimum atomic E-state index is 0.0376. The number of hydrogen-bond acceptors (Lipinski definition) is 2. The lowest BCUT2D eigenvalue weighted by molar-refractivity contribution is 0.473. The topological polar surface area (TPSA) is 32.3 Å². The van der Waals surface area contributed by atoms with E-state index in [0.717, 1.165) is 16.9 Å². The molecule has 2 aromatic rings. The lowest BCUT2D eigenvalue weighted by atomic mass is 9.87. The number of phenolic OH excluding ortho intramolecular Hbond substituents is 1. The van der Waals surface area contributed by atoms with Gasteiger partial charge in [-0.15, -0.1) is 0 Å². The zero-order valence-electron chi connectivity index (χ0n) is 14.9. The molecule has 0 saturated heterocycles. The van der Waals surface area contributed by atoms with Crippen LogP contribution >= 0.6 is 0 Å². The first-order valence-electron chi connectivity index (χ1n) is 7.94. The average Bonchev–Trinajstić information content (AvgIpc) is 2.41. The van der Waals surface area contributed by atoms with Crippen molar-refractivity contribution in [1.82, 2.24) is 0 Å². The Hall–Kier alpha value is -1.96. The number of aromatic hydroxyl groups is 1. The fourth-order valence-electron chi connectivity index (χ4n) is 2.31. The third kappa shape index (κ3) is 4.80. The second kappa shape index (κ2) is 7.35. The quantitative estimate of drug-likeness (QED) is 0.659. The summed E-state index contributed by atoms with van der Waals surface area (Å²) in [6, 6.07) is 12.1. The van der Waals surface area contributed by atoms with E-state index in [9.17, 15) is 5.11 Å². The smallest absolute Gasteiger partial charge is 0.139 e. The Morgan fingerprint density at radius 2 is 1.41 bits per heavy atom. The second-order valence-electron chi connectivity index (χ2n) is 6.48. The van der Waals surface area contributed by atoms with Gasteiger partial charge >= 0.3 is 0 Å². The van der Waals surface area contributed by atoms with Crippen molar-refractivity contribution in [2.75, 3.05) is 5.32 Å². The summed E-state index contributed by atoms with van der Waals surface area (Å²) in [5.74, 6) is 0.289. The van der Waals surface area contributed by atoms with Gasteiger partial charge in [-0.2, -0.15) is 0 Å². The molecule has 0 aromatic heterocycles. The molecule has 0 amide bonds. The van der Waals surface area contributed by atoms with Crippen LogP contribution in [0.3, 0.4) is 0 Å². The summed E-state index contributed by atoms with van der Waals surface area (Å²) in [6.07, 6.45) is 0. The first-order chi connectivity index (χ1) is 10.3. The van der Waals surface area contributed by atoms with Crippen molar-refractivity contribution in [2.45, 2.75) is 53.9 Å². The lowest BCUT2D eigenvalue weighted by Gasteiger charge is -2.20. The van der Waals surface area contributed by atoms with Crippen molar-refractivity contribution in [3.8, 4) is 5.75 Å². The molecule has 0 radical (unpaired) electrons. The molecular weight excluding hydrogens is 270 g/mol. The number of nitrogens with one attached hydrogen (secondary N) is 1. The van der Waals surface area contributed by atoms with Crippen molar-refractivity contribution in [1.29, 1.82) is 0 Å². The van der Waals surface area contributed by atoms with Crippen molar-refractivity contribution in [3.63, 3.8) is 0 Å². The average molecular weight is 299 g/mol. The Kier molecular flexibility index (Phi) is 6.04. The highest BCUT2D eigenvalue weighted by Gasteiger charge is 2.15.